The van der Waals surface area contributed by atoms with Gasteiger partial charge in [-0.15, -0.1) is 0 Å². The quantitative estimate of drug-likeness (QED) is 0.692. The molecule has 0 fully saturated rings. The van der Waals surface area contributed by atoms with Crippen molar-refractivity contribution in [1.29, 1.82) is 0 Å². The number of aromatic nitrogens is 3. The van der Waals surface area contributed by atoms with Crippen molar-refractivity contribution in [3.63, 3.8) is 0 Å². The Morgan fingerprint density at radius 2 is 2.27 bits per heavy atom. The zero-order valence-electron chi connectivity index (χ0n) is 8.01. The highest BCUT2D eigenvalue weighted by atomic mass is 19.1. The van der Waals surface area contributed by atoms with E-state index < -0.39 is 5.82 Å². The molecule has 76 valence electrons. The molecule has 2 aromatic rings. The lowest BCUT2D eigenvalue weighted by atomic mass is 10.1. The maximum absolute atomic E-state index is 12.8. The summed E-state index contributed by atoms with van der Waals surface area (Å²) in [4.78, 5) is 15.4. The van der Waals surface area contributed by atoms with Gasteiger partial charge in [0.2, 0.25) is 5.78 Å². The third-order valence-corrected chi connectivity index (χ3v) is 2.02. The Morgan fingerprint density at radius 1 is 1.47 bits per heavy atom. The molecule has 0 aliphatic rings. The molecule has 0 radical (unpaired) electrons. The summed E-state index contributed by atoms with van der Waals surface area (Å²) in [5, 5.41) is 3.87. The van der Waals surface area contributed by atoms with Gasteiger partial charge in [-0.1, -0.05) is 0 Å². The first-order chi connectivity index (χ1) is 7.18. The molecule has 0 aliphatic heterocycles. The van der Waals surface area contributed by atoms with E-state index in [1.807, 2.05) is 0 Å². The van der Waals surface area contributed by atoms with Crippen LogP contribution >= 0.6 is 0 Å². The van der Waals surface area contributed by atoms with Crippen molar-refractivity contribution < 1.29 is 9.18 Å². The van der Waals surface area contributed by atoms with Crippen molar-refractivity contribution in [1.82, 2.24) is 14.8 Å². The summed E-state index contributed by atoms with van der Waals surface area (Å²) in [6, 6.07) is 2.73. The lowest BCUT2D eigenvalue weighted by Crippen LogP contribution is -2.08. The largest absolute Gasteiger partial charge is 0.287 e. The van der Waals surface area contributed by atoms with Gasteiger partial charge in [0.1, 0.15) is 11.5 Å². The molecule has 2 rings (SSSR count). The van der Waals surface area contributed by atoms with Crippen LogP contribution in [0.25, 0.3) is 0 Å². The fourth-order valence-corrected chi connectivity index (χ4v) is 1.28. The summed E-state index contributed by atoms with van der Waals surface area (Å²) >= 11 is 0. The Kier molecular flexibility index (Phi) is 2.29. The fraction of sp³-hybridized carbons (Fsp3) is 0.100. The molecule has 0 saturated heterocycles. The number of carbonyl (C=O) groups is 1. The van der Waals surface area contributed by atoms with Gasteiger partial charge in [-0.2, -0.15) is 5.10 Å². The SMILES string of the molecule is Cn1nccc1C(=O)c1cncc(F)c1. The van der Waals surface area contributed by atoms with Gasteiger partial charge in [0.05, 0.1) is 6.20 Å². The molecule has 5 heteroatoms. The van der Waals surface area contributed by atoms with E-state index in [-0.39, 0.29) is 11.3 Å². The number of rotatable bonds is 2. The van der Waals surface area contributed by atoms with Crippen LogP contribution in [0.5, 0.6) is 0 Å². The maximum Gasteiger partial charge on any atom is 0.212 e. The number of ketones is 1. The number of nitrogens with zero attached hydrogens (tertiary/aromatic N) is 3. The average molecular weight is 205 g/mol. The van der Waals surface area contributed by atoms with Crippen molar-refractivity contribution >= 4 is 5.78 Å². The molecule has 0 aliphatic carbocycles. The van der Waals surface area contributed by atoms with Crippen LogP contribution in [-0.2, 0) is 7.05 Å². The van der Waals surface area contributed by atoms with Crippen molar-refractivity contribution in [3.8, 4) is 0 Å². The first-order valence-corrected chi connectivity index (χ1v) is 4.32. The monoisotopic (exact) mass is 205 g/mol. The fourth-order valence-electron chi connectivity index (χ4n) is 1.28. The summed E-state index contributed by atoms with van der Waals surface area (Å²) in [5.74, 6) is -0.815. The standard InChI is InChI=1S/C10H8FN3O/c1-14-9(2-3-13-14)10(15)7-4-8(11)6-12-5-7/h2-6H,1H3. The zero-order chi connectivity index (χ0) is 10.8. The molecular formula is C10H8FN3O. The molecule has 0 bridgehead atoms. The van der Waals surface area contributed by atoms with Crippen LogP contribution in [0.2, 0.25) is 0 Å². The Bertz CT molecular complexity index is 507. The van der Waals surface area contributed by atoms with Gasteiger partial charge in [-0.3, -0.25) is 14.5 Å². The highest BCUT2D eigenvalue weighted by Crippen LogP contribution is 2.08. The Hall–Kier alpha value is -2.04. The summed E-state index contributed by atoms with van der Waals surface area (Å²) in [6.07, 6.45) is 3.90. The van der Waals surface area contributed by atoms with E-state index in [9.17, 15) is 9.18 Å². The highest BCUT2D eigenvalue weighted by Gasteiger charge is 2.13. The van der Waals surface area contributed by atoms with Gasteiger partial charge in [-0.05, 0) is 12.1 Å². The number of hydrogen-bond acceptors (Lipinski definition) is 3. The molecule has 2 aromatic heterocycles. The maximum atomic E-state index is 12.8. The second kappa shape index (κ2) is 3.61. The van der Waals surface area contributed by atoms with Crippen LogP contribution in [0, 0.1) is 5.82 Å². The minimum atomic E-state index is -0.525. The lowest BCUT2D eigenvalue weighted by Gasteiger charge is -2.00. The van der Waals surface area contributed by atoms with Crippen molar-refractivity contribution in [2.45, 2.75) is 0 Å². The van der Waals surface area contributed by atoms with Crippen LogP contribution in [-0.4, -0.2) is 20.5 Å². The van der Waals surface area contributed by atoms with Gasteiger partial charge in [-0.25, -0.2) is 4.39 Å². The van der Waals surface area contributed by atoms with Crippen LogP contribution in [0.3, 0.4) is 0 Å². The normalized spacial score (nSPS) is 10.3. The second-order valence-electron chi connectivity index (χ2n) is 3.06. The van der Waals surface area contributed by atoms with E-state index in [0.29, 0.717) is 5.69 Å². The molecule has 4 nitrogen and oxygen atoms in total. The average Bonchev–Trinajstić information content (AvgIpc) is 2.63. The third-order valence-electron chi connectivity index (χ3n) is 2.02. The molecular weight excluding hydrogens is 197 g/mol. The van der Waals surface area contributed by atoms with Gasteiger partial charge in [0, 0.05) is 25.0 Å². The first-order valence-electron chi connectivity index (χ1n) is 4.32. The molecule has 0 unspecified atom stereocenters. The van der Waals surface area contributed by atoms with Crippen LogP contribution < -0.4 is 0 Å². The lowest BCUT2D eigenvalue weighted by molar-refractivity contribution is 0.102. The van der Waals surface area contributed by atoms with Crippen molar-refractivity contribution in [2.24, 2.45) is 7.05 Å². The van der Waals surface area contributed by atoms with E-state index in [4.69, 9.17) is 0 Å². The van der Waals surface area contributed by atoms with Gasteiger partial charge in [0.25, 0.3) is 0 Å². The Labute approximate surface area is 85.4 Å². The van der Waals surface area contributed by atoms with Crippen molar-refractivity contribution in [2.75, 3.05) is 0 Å². The van der Waals surface area contributed by atoms with Crippen LogP contribution in [0.15, 0.2) is 30.7 Å². The van der Waals surface area contributed by atoms with E-state index in [2.05, 4.69) is 10.1 Å². The van der Waals surface area contributed by atoms with Crippen LogP contribution in [0.1, 0.15) is 16.1 Å². The topological polar surface area (TPSA) is 47.8 Å². The highest BCUT2D eigenvalue weighted by molar-refractivity contribution is 6.07. The molecule has 0 N–H and O–H groups in total. The number of hydrogen-bond donors (Lipinski definition) is 0. The molecule has 0 atom stereocenters. The molecule has 0 saturated carbocycles. The summed E-state index contributed by atoms with van der Waals surface area (Å²) in [6.45, 7) is 0. The third kappa shape index (κ3) is 1.76. The van der Waals surface area contributed by atoms with Crippen LogP contribution in [0.4, 0.5) is 4.39 Å². The Morgan fingerprint density at radius 3 is 2.87 bits per heavy atom. The molecule has 15 heavy (non-hydrogen) atoms. The van der Waals surface area contributed by atoms with Crippen molar-refractivity contribution in [3.05, 3.63) is 47.8 Å². The van der Waals surface area contributed by atoms with E-state index in [0.717, 1.165) is 12.3 Å². The predicted octanol–water partition coefficient (Wildman–Crippen LogP) is 1.19. The number of aryl methyl sites for hydroxylation is 1. The molecule has 0 amide bonds. The summed E-state index contributed by atoms with van der Waals surface area (Å²) < 4.78 is 14.3. The molecule has 2 heterocycles. The smallest absolute Gasteiger partial charge is 0.212 e. The van der Waals surface area contributed by atoms with Gasteiger partial charge >= 0.3 is 0 Å². The number of pyridine rings is 1. The summed E-state index contributed by atoms with van der Waals surface area (Å²) in [5.41, 5.74) is 0.626. The van der Waals surface area contributed by atoms with E-state index >= 15 is 0 Å². The first kappa shape index (κ1) is 9.51. The van der Waals surface area contributed by atoms with E-state index in [1.54, 1.807) is 13.1 Å². The minimum absolute atomic E-state index is 0.221. The van der Waals surface area contributed by atoms with Gasteiger partial charge < -0.3 is 0 Å². The molecule has 0 spiro atoms. The van der Waals surface area contributed by atoms with E-state index in [1.165, 1.54) is 17.1 Å². The zero-order valence-corrected chi connectivity index (χ0v) is 8.01. The minimum Gasteiger partial charge on any atom is -0.287 e. The molecule has 0 aromatic carbocycles. The van der Waals surface area contributed by atoms with Gasteiger partial charge in [0.15, 0.2) is 0 Å². The number of halogens is 1. The Balaban J connectivity index is 2.41. The number of carbonyl (C=O) groups excluding carboxylic acids is 1. The summed E-state index contributed by atoms with van der Waals surface area (Å²) in [7, 11) is 1.65. The second-order valence-corrected chi connectivity index (χ2v) is 3.06. The predicted molar refractivity (Wildman–Crippen MR) is 50.8 cm³/mol.